The van der Waals surface area contributed by atoms with Crippen molar-refractivity contribution in [1.82, 2.24) is 19.8 Å². The van der Waals surface area contributed by atoms with E-state index in [1.54, 1.807) is 18.6 Å². The second kappa shape index (κ2) is 10.0. The minimum absolute atomic E-state index is 0.0338. The lowest BCUT2D eigenvalue weighted by molar-refractivity contribution is 0.0594. The third kappa shape index (κ3) is 5.92. The Morgan fingerprint density at radius 1 is 1.25 bits per heavy atom. The third-order valence-electron chi connectivity index (χ3n) is 4.77. The Balaban J connectivity index is 1.44. The summed E-state index contributed by atoms with van der Waals surface area (Å²) in [7, 11) is 4.12. The van der Waals surface area contributed by atoms with Gasteiger partial charge in [-0.3, -0.25) is 9.78 Å². The van der Waals surface area contributed by atoms with Crippen molar-refractivity contribution in [2.75, 3.05) is 45.6 Å². The standard InChI is InChI=1S/C21H29N5O2/c1-25(2)12-4-11-23-20-7-6-17(15-24-20)21(27)26-13-8-18(9-14-26)28-19-5-3-10-22-16-19/h3,5-7,10,15-16,18H,4,8-9,11-14H2,1-2H3,(H,23,24). The molecule has 0 aliphatic carbocycles. The van der Waals surface area contributed by atoms with Gasteiger partial charge in [-0.2, -0.15) is 0 Å². The first-order valence-corrected chi connectivity index (χ1v) is 9.82. The molecule has 3 heterocycles. The molecule has 0 aromatic carbocycles. The van der Waals surface area contributed by atoms with Crippen LogP contribution in [-0.4, -0.2) is 72.1 Å². The first-order chi connectivity index (χ1) is 13.6. The summed E-state index contributed by atoms with van der Waals surface area (Å²) in [5.41, 5.74) is 0.630. The number of carbonyl (C=O) groups is 1. The summed E-state index contributed by atoms with van der Waals surface area (Å²) in [5.74, 6) is 1.62. The summed E-state index contributed by atoms with van der Waals surface area (Å²) in [4.78, 5) is 25.2. The minimum Gasteiger partial charge on any atom is -0.489 e. The van der Waals surface area contributed by atoms with Crippen molar-refractivity contribution in [2.24, 2.45) is 0 Å². The van der Waals surface area contributed by atoms with Crippen molar-refractivity contribution in [2.45, 2.75) is 25.4 Å². The molecule has 2 aromatic heterocycles. The maximum absolute atomic E-state index is 12.7. The molecule has 0 unspecified atom stereocenters. The van der Waals surface area contributed by atoms with Crippen LogP contribution in [0.4, 0.5) is 5.82 Å². The number of rotatable bonds is 8. The lowest BCUT2D eigenvalue weighted by Gasteiger charge is -2.32. The van der Waals surface area contributed by atoms with Crippen molar-refractivity contribution >= 4 is 11.7 Å². The Hall–Kier alpha value is -2.67. The molecule has 150 valence electrons. The summed E-state index contributed by atoms with van der Waals surface area (Å²) in [6, 6.07) is 7.50. The van der Waals surface area contributed by atoms with Crippen LogP contribution >= 0.6 is 0 Å². The van der Waals surface area contributed by atoms with E-state index in [4.69, 9.17) is 4.74 Å². The molecule has 0 radical (unpaired) electrons. The molecule has 0 saturated carbocycles. The van der Waals surface area contributed by atoms with Crippen molar-refractivity contribution < 1.29 is 9.53 Å². The van der Waals surface area contributed by atoms with Gasteiger partial charge < -0.3 is 19.9 Å². The van der Waals surface area contributed by atoms with Gasteiger partial charge in [-0.05, 0) is 51.3 Å². The number of amides is 1. The van der Waals surface area contributed by atoms with E-state index in [-0.39, 0.29) is 12.0 Å². The molecular weight excluding hydrogens is 354 g/mol. The van der Waals surface area contributed by atoms with Crippen LogP contribution < -0.4 is 10.1 Å². The first kappa shape index (κ1) is 20.1. The molecule has 2 aromatic rings. The van der Waals surface area contributed by atoms with Crippen LogP contribution in [0.1, 0.15) is 29.6 Å². The van der Waals surface area contributed by atoms with E-state index < -0.39 is 0 Å². The zero-order valence-corrected chi connectivity index (χ0v) is 16.7. The Morgan fingerprint density at radius 3 is 2.71 bits per heavy atom. The fourth-order valence-electron chi connectivity index (χ4n) is 3.21. The Labute approximate surface area is 166 Å². The molecule has 7 nitrogen and oxygen atoms in total. The predicted octanol–water partition coefficient (Wildman–Crippen LogP) is 2.52. The maximum atomic E-state index is 12.7. The predicted molar refractivity (Wildman–Crippen MR) is 110 cm³/mol. The molecule has 3 rings (SSSR count). The molecule has 0 bridgehead atoms. The molecule has 1 aliphatic heterocycles. The van der Waals surface area contributed by atoms with E-state index in [2.05, 4.69) is 34.3 Å². The molecular formula is C21H29N5O2. The lowest BCUT2D eigenvalue weighted by atomic mass is 10.1. The number of aromatic nitrogens is 2. The SMILES string of the molecule is CN(C)CCCNc1ccc(C(=O)N2CCC(Oc3cccnc3)CC2)cn1. The largest absolute Gasteiger partial charge is 0.489 e. The van der Waals surface area contributed by atoms with Gasteiger partial charge in [0, 0.05) is 44.9 Å². The van der Waals surface area contributed by atoms with Crippen LogP contribution in [0.3, 0.4) is 0 Å². The zero-order valence-electron chi connectivity index (χ0n) is 16.7. The van der Waals surface area contributed by atoms with Gasteiger partial charge in [0.15, 0.2) is 0 Å². The molecule has 0 spiro atoms. The summed E-state index contributed by atoms with van der Waals surface area (Å²) in [6.45, 7) is 3.27. The van der Waals surface area contributed by atoms with Gasteiger partial charge in [-0.15, -0.1) is 0 Å². The highest BCUT2D eigenvalue weighted by Gasteiger charge is 2.25. The van der Waals surface area contributed by atoms with Gasteiger partial charge >= 0.3 is 0 Å². The van der Waals surface area contributed by atoms with E-state index in [9.17, 15) is 4.79 Å². The van der Waals surface area contributed by atoms with Crippen molar-refractivity contribution in [3.63, 3.8) is 0 Å². The fraction of sp³-hybridized carbons (Fsp3) is 0.476. The number of piperidine rings is 1. The van der Waals surface area contributed by atoms with Crippen LogP contribution in [-0.2, 0) is 0 Å². The highest BCUT2D eigenvalue weighted by atomic mass is 16.5. The number of hydrogen-bond donors (Lipinski definition) is 1. The topological polar surface area (TPSA) is 70.6 Å². The molecule has 1 aliphatic rings. The maximum Gasteiger partial charge on any atom is 0.255 e. The summed E-state index contributed by atoms with van der Waals surface area (Å²) < 4.78 is 5.94. The lowest BCUT2D eigenvalue weighted by Crippen LogP contribution is -2.41. The number of nitrogens with one attached hydrogen (secondary N) is 1. The second-order valence-corrected chi connectivity index (χ2v) is 7.31. The van der Waals surface area contributed by atoms with Gasteiger partial charge in [0.1, 0.15) is 17.7 Å². The number of anilines is 1. The van der Waals surface area contributed by atoms with Gasteiger partial charge in [0.25, 0.3) is 5.91 Å². The number of hydrogen-bond acceptors (Lipinski definition) is 6. The fourth-order valence-corrected chi connectivity index (χ4v) is 3.21. The van der Waals surface area contributed by atoms with E-state index in [1.807, 2.05) is 29.2 Å². The highest BCUT2D eigenvalue weighted by Crippen LogP contribution is 2.19. The van der Waals surface area contributed by atoms with Gasteiger partial charge in [-0.1, -0.05) is 0 Å². The van der Waals surface area contributed by atoms with Crippen LogP contribution in [0, 0.1) is 0 Å². The number of likely N-dealkylation sites (tertiary alicyclic amines) is 1. The second-order valence-electron chi connectivity index (χ2n) is 7.31. The average molecular weight is 383 g/mol. The summed E-state index contributed by atoms with van der Waals surface area (Å²) in [5, 5.41) is 3.29. The molecule has 7 heteroatoms. The zero-order chi connectivity index (χ0) is 19.8. The monoisotopic (exact) mass is 383 g/mol. The van der Waals surface area contributed by atoms with Gasteiger partial charge in [-0.25, -0.2) is 4.98 Å². The van der Waals surface area contributed by atoms with E-state index in [0.717, 1.165) is 43.9 Å². The Bertz CT molecular complexity index is 728. The summed E-state index contributed by atoms with van der Waals surface area (Å²) in [6.07, 6.45) is 7.92. The van der Waals surface area contributed by atoms with Crippen LogP contribution in [0.15, 0.2) is 42.9 Å². The van der Waals surface area contributed by atoms with E-state index in [1.165, 1.54) is 0 Å². The van der Waals surface area contributed by atoms with Crippen LogP contribution in [0.5, 0.6) is 5.75 Å². The molecule has 1 saturated heterocycles. The molecule has 1 amide bonds. The quantitative estimate of drug-likeness (QED) is 0.707. The Kier molecular flexibility index (Phi) is 7.19. The Morgan fingerprint density at radius 2 is 2.07 bits per heavy atom. The molecule has 0 atom stereocenters. The summed E-state index contributed by atoms with van der Waals surface area (Å²) >= 11 is 0. The van der Waals surface area contributed by atoms with Crippen molar-refractivity contribution in [3.05, 3.63) is 48.4 Å². The number of ether oxygens (including phenoxy) is 1. The minimum atomic E-state index is 0.0338. The van der Waals surface area contributed by atoms with Crippen LogP contribution in [0.25, 0.3) is 0 Å². The van der Waals surface area contributed by atoms with E-state index in [0.29, 0.717) is 18.7 Å². The number of pyridine rings is 2. The smallest absolute Gasteiger partial charge is 0.255 e. The van der Waals surface area contributed by atoms with Crippen molar-refractivity contribution in [1.29, 1.82) is 0 Å². The van der Waals surface area contributed by atoms with Gasteiger partial charge in [0.05, 0.1) is 11.8 Å². The normalized spacial score (nSPS) is 14.9. The first-order valence-electron chi connectivity index (χ1n) is 9.82. The van der Waals surface area contributed by atoms with E-state index >= 15 is 0 Å². The molecule has 28 heavy (non-hydrogen) atoms. The number of nitrogens with zero attached hydrogens (tertiary/aromatic N) is 4. The third-order valence-corrected chi connectivity index (χ3v) is 4.77. The molecule has 1 N–H and O–H groups in total. The van der Waals surface area contributed by atoms with Gasteiger partial charge in [0.2, 0.25) is 0 Å². The highest BCUT2D eigenvalue weighted by molar-refractivity contribution is 5.94. The average Bonchev–Trinajstić information content (AvgIpc) is 2.72. The van der Waals surface area contributed by atoms with Crippen molar-refractivity contribution in [3.8, 4) is 5.75 Å². The van der Waals surface area contributed by atoms with Crippen LogP contribution in [0.2, 0.25) is 0 Å². The number of carbonyl (C=O) groups excluding carboxylic acids is 1. The molecule has 1 fully saturated rings.